The zero-order valence-electron chi connectivity index (χ0n) is 15.7. The number of likely N-dealkylation sites (tertiary alicyclic amines) is 1. The van der Waals surface area contributed by atoms with Gasteiger partial charge in [0.2, 0.25) is 0 Å². The van der Waals surface area contributed by atoms with E-state index >= 15 is 0 Å². The maximum Gasteiger partial charge on any atom is 0.193 e. The molecule has 1 aromatic carbocycles. The Hall–Kier alpha value is -2.34. The van der Waals surface area contributed by atoms with Gasteiger partial charge in [0.25, 0.3) is 0 Å². The number of hydrogen-bond donors (Lipinski definition) is 2. The molecule has 1 fully saturated rings. The summed E-state index contributed by atoms with van der Waals surface area (Å²) >= 11 is 0. The van der Waals surface area contributed by atoms with Gasteiger partial charge < -0.3 is 20.3 Å². The molecule has 0 bridgehead atoms. The molecular formula is C20H29N5O. The SMILES string of the molecule is CCOC1CCN(C(=NC)NCCNc2ccc3ccccc3n2)CC1. The summed E-state index contributed by atoms with van der Waals surface area (Å²) in [6.07, 6.45) is 2.52. The zero-order valence-corrected chi connectivity index (χ0v) is 15.7. The fourth-order valence-corrected chi connectivity index (χ4v) is 3.33. The van der Waals surface area contributed by atoms with Gasteiger partial charge in [0.05, 0.1) is 11.6 Å². The number of guanidine groups is 1. The van der Waals surface area contributed by atoms with E-state index in [-0.39, 0.29) is 0 Å². The van der Waals surface area contributed by atoms with Gasteiger partial charge in [0.1, 0.15) is 5.82 Å². The molecule has 0 spiro atoms. The lowest BCUT2D eigenvalue weighted by molar-refractivity contribution is 0.0264. The van der Waals surface area contributed by atoms with Crippen molar-refractivity contribution in [1.82, 2.24) is 15.2 Å². The van der Waals surface area contributed by atoms with Crippen LogP contribution in [0.3, 0.4) is 0 Å². The number of piperidine rings is 1. The van der Waals surface area contributed by atoms with Gasteiger partial charge in [-0.25, -0.2) is 4.98 Å². The molecule has 1 saturated heterocycles. The monoisotopic (exact) mass is 355 g/mol. The Balaban J connectivity index is 1.43. The summed E-state index contributed by atoms with van der Waals surface area (Å²) in [4.78, 5) is 11.4. The van der Waals surface area contributed by atoms with Gasteiger partial charge in [-0.2, -0.15) is 0 Å². The summed E-state index contributed by atoms with van der Waals surface area (Å²) in [7, 11) is 1.84. The number of hydrogen-bond acceptors (Lipinski definition) is 4. The molecule has 0 saturated carbocycles. The third kappa shape index (κ3) is 4.85. The molecule has 1 aromatic heterocycles. The number of aromatic nitrogens is 1. The highest BCUT2D eigenvalue weighted by atomic mass is 16.5. The fraction of sp³-hybridized carbons (Fsp3) is 0.500. The molecule has 2 N–H and O–H groups in total. The average molecular weight is 355 g/mol. The predicted molar refractivity (Wildman–Crippen MR) is 108 cm³/mol. The maximum atomic E-state index is 5.72. The van der Waals surface area contributed by atoms with Gasteiger partial charge in [-0.1, -0.05) is 18.2 Å². The molecule has 6 heteroatoms. The highest BCUT2D eigenvalue weighted by molar-refractivity contribution is 5.80. The molecule has 26 heavy (non-hydrogen) atoms. The van der Waals surface area contributed by atoms with E-state index in [0.717, 1.165) is 68.3 Å². The van der Waals surface area contributed by atoms with E-state index in [0.29, 0.717) is 6.10 Å². The summed E-state index contributed by atoms with van der Waals surface area (Å²) in [6, 6.07) is 12.3. The molecule has 0 atom stereocenters. The first-order chi connectivity index (χ1) is 12.8. The first-order valence-corrected chi connectivity index (χ1v) is 9.47. The normalized spacial score (nSPS) is 16.1. The highest BCUT2D eigenvalue weighted by Crippen LogP contribution is 2.15. The van der Waals surface area contributed by atoms with Gasteiger partial charge in [-0.05, 0) is 38.0 Å². The summed E-state index contributed by atoms with van der Waals surface area (Å²) in [5, 5.41) is 7.97. The minimum absolute atomic E-state index is 0.398. The second-order valence-electron chi connectivity index (χ2n) is 6.43. The van der Waals surface area contributed by atoms with Crippen molar-refractivity contribution in [3.8, 4) is 0 Å². The van der Waals surface area contributed by atoms with Crippen LogP contribution in [0.4, 0.5) is 5.82 Å². The van der Waals surface area contributed by atoms with Crippen LogP contribution < -0.4 is 10.6 Å². The molecule has 2 heterocycles. The third-order valence-electron chi connectivity index (χ3n) is 4.67. The Bertz CT molecular complexity index is 725. The molecule has 3 rings (SSSR count). The minimum atomic E-state index is 0.398. The molecule has 0 aliphatic carbocycles. The standard InChI is InChI=1S/C20H29N5O/c1-3-26-17-10-14-25(15-11-17)20(21-2)23-13-12-22-19-9-8-16-6-4-5-7-18(16)24-19/h4-9,17H,3,10-15H2,1-2H3,(H,21,23)(H,22,24). The summed E-state index contributed by atoms with van der Waals surface area (Å²) in [5.41, 5.74) is 1.01. The van der Waals surface area contributed by atoms with E-state index in [1.807, 2.05) is 31.3 Å². The topological polar surface area (TPSA) is 61.8 Å². The first kappa shape index (κ1) is 18.5. The molecule has 1 aliphatic rings. The number of ether oxygens (including phenoxy) is 1. The lowest BCUT2D eigenvalue weighted by Gasteiger charge is -2.34. The molecule has 0 unspecified atom stereocenters. The molecule has 0 radical (unpaired) electrons. The van der Waals surface area contributed by atoms with E-state index in [1.54, 1.807) is 0 Å². The van der Waals surface area contributed by atoms with Crippen molar-refractivity contribution in [3.63, 3.8) is 0 Å². The number of aliphatic imine (C=N–C) groups is 1. The molecular weight excluding hydrogens is 326 g/mol. The van der Waals surface area contributed by atoms with Crippen molar-refractivity contribution >= 4 is 22.7 Å². The highest BCUT2D eigenvalue weighted by Gasteiger charge is 2.21. The van der Waals surface area contributed by atoms with Gasteiger partial charge >= 0.3 is 0 Å². The van der Waals surface area contributed by atoms with Crippen LogP contribution in [-0.4, -0.2) is 61.8 Å². The maximum absolute atomic E-state index is 5.72. The first-order valence-electron chi connectivity index (χ1n) is 9.47. The Labute approximate surface area is 155 Å². The Morgan fingerprint density at radius 1 is 1.19 bits per heavy atom. The quantitative estimate of drug-likeness (QED) is 0.474. The Morgan fingerprint density at radius 2 is 2.00 bits per heavy atom. The number of fused-ring (bicyclic) bond motifs is 1. The number of benzene rings is 1. The van der Waals surface area contributed by atoms with Crippen LogP contribution in [0.2, 0.25) is 0 Å². The van der Waals surface area contributed by atoms with Crippen LogP contribution in [0.15, 0.2) is 41.4 Å². The average Bonchev–Trinajstić information content (AvgIpc) is 2.69. The number of nitrogens with one attached hydrogen (secondary N) is 2. The lowest BCUT2D eigenvalue weighted by atomic mass is 10.1. The number of rotatable bonds is 6. The number of pyridine rings is 1. The molecule has 2 aromatic rings. The summed E-state index contributed by atoms with van der Waals surface area (Å²) < 4.78 is 5.72. The van der Waals surface area contributed by atoms with Crippen molar-refractivity contribution in [2.45, 2.75) is 25.9 Å². The van der Waals surface area contributed by atoms with E-state index < -0.39 is 0 Å². The van der Waals surface area contributed by atoms with Gasteiger partial charge in [0, 0.05) is 45.2 Å². The van der Waals surface area contributed by atoms with Crippen LogP contribution in [0, 0.1) is 0 Å². The van der Waals surface area contributed by atoms with Crippen LogP contribution in [0.5, 0.6) is 0 Å². The fourth-order valence-electron chi connectivity index (χ4n) is 3.33. The van der Waals surface area contributed by atoms with Crippen molar-refractivity contribution in [3.05, 3.63) is 36.4 Å². The Kier molecular flexibility index (Phi) is 6.66. The van der Waals surface area contributed by atoms with Gasteiger partial charge in [0.15, 0.2) is 5.96 Å². The van der Waals surface area contributed by atoms with Crippen LogP contribution in [-0.2, 0) is 4.74 Å². The smallest absolute Gasteiger partial charge is 0.193 e. The number of para-hydroxylation sites is 1. The second-order valence-corrected chi connectivity index (χ2v) is 6.43. The summed E-state index contributed by atoms with van der Waals surface area (Å²) in [6.45, 7) is 6.43. The third-order valence-corrected chi connectivity index (χ3v) is 4.67. The number of anilines is 1. The van der Waals surface area contributed by atoms with Gasteiger partial charge in [-0.3, -0.25) is 4.99 Å². The molecule has 1 aliphatic heterocycles. The van der Waals surface area contributed by atoms with E-state index in [4.69, 9.17) is 4.74 Å². The lowest BCUT2D eigenvalue weighted by Crippen LogP contribution is -2.47. The van der Waals surface area contributed by atoms with Crippen LogP contribution in [0.25, 0.3) is 10.9 Å². The largest absolute Gasteiger partial charge is 0.378 e. The zero-order chi connectivity index (χ0) is 18.2. The van der Waals surface area contributed by atoms with Crippen molar-refractivity contribution < 1.29 is 4.74 Å². The molecule has 140 valence electrons. The predicted octanol–water partition coefficient (Wildman–Crippen LogP) is 2.72. The van der Waals surface area contributed by atoms with E-state index in [1.165, 1.54) is 0 Å². The number of nitrogens with zero attached hydrogens (tertiary/aromatic N) is 3. The minimum Gasteiger partial charge on any atom is -0.378 e. The molecule has 6 nitrogen and oxygen atoms in total. The van der Waals surface area contributed by atoms with Crippen molar-refractivity contribution in [2.24, 2.45) is 4.99 Å². The van der Waals surface area contributed by atoms with Gasteiger partial charge in [-0.15, -0.1) is 0 Å². The summed E-state index contributed by atoms with van der Waals surface area (Å²) in [5.74, 6) is 1.87. The second kappa shape index (κ2) is 9.38. The van der Waals surface area contributed by atoms with Crippen molar-refractivity contribution in [1.29, 1.82) is 0 Å². The van der Waals surface area contributed by atoms with Crippen molar-refractivity contribution in [2.75, 3.05) is 45.2 Å². The Morgan fingerprint density at radius 3 is 2.77 bits per heavy atom. The van der Waals surface area contributed by atoms with Crippen LogP contribution in [0.1, 0.15) is 19.8 Å². The van der Waals surface area contributed by atoms with Crippen LogP contribution >= 0.6 is 0 Å². The molecule has 0 amide bonds. The van der Waals surface area contributed by atoms with E-state index in [9.17, 15) is 0 Å². The van der Waals surface area contributed by atoms with E-state index in [2.05, 4.69) is 44.6 Å².